The highest BCUT2D eigenvalue weighted by atomic mass is 16.7. The monoisotopic (exact) mass is 815 g/mol. The van der Waals surface area contributed by atoms with Gasteiger partial charge in [0, 0.05) is 35.5 Å². The van der Waals surface area contributed by atoms with E-state index in [1.54, 1.807) is 0 Å². The number of aromatic nitrogens is 4. The maximum Gasteiger partial charge on any atom is 0.494 e. The highest BCUT2D eigenvalue weighted by Gasteiger charge is 2.58. The van der Waals surface area contributed by atoms with E-state index in [2.05, 4.69) is 109 Å². The van der Waals surface area contributed by atoms with Crippen LogP contribution >= 0.6 is 0 Å². The van der Waals surface area contributed by atoms with Gasteiger partial charge < -0.3 is 28.1 Å². The van der Waals surface area contributed by atoms with Crippen LogP contribution in [0.2, 0.25) is 0 Å². The Morgan fingerprint density at radius 3 is 1.60 bits per heavy atom. The predicted octanol–water partition coefficient (Wildman–Crippen LogP) is 10.4. The quantitative estimate of drug-likeness (QED) is 0.140. The first kappa shape index (κ1) is 41.9. The molecule has 318 valence electrons. The van der Waals surface area contributed by atoms with E-state index < -0.39 is 36.6 Å². The highest BCUT2D eigenvalue weighted by molar-refractivity contribution is 6.74. The number of allylic oxidation sites excluding steroid dienone is 1. The molecule has 2 aliphatic carbocycles. The summed E-state index contributed by atoms with van der Waals surface area (Å²) in [4.78, 5) is 0. The topological polar surface area (TPSA) is 91.0 Å². The fourth-order valence-corrected chi connectivity index (χ4v) is 9.01. The summed E-state index contributed by atoms with van der Waals surface area (Å²) in [5.74, 6) is 7.67. The number of nitrogens with zero attached hydrogens (tertiary/aromatic N) is 4. The fraction of sp³-hybridized carbons (Fsp3) is 0.625. The molecule has 4 aromatic rings. The first-order valence-corrected chi connectivity index (χ1v) is 22.8. The van der Waals surface area contributed by atoms with Crippen molar-refractivity contribution >= 4 is 41.5 Å². The average molecular weight is 815 g/mol. The van der Waals surface area contributed by atoms with E-state index in [0.29, 0.717) is 11.8 Å². The second kappa shape index (κ2) is 16.4. The molecule has 2 aromatic heterocycles. The van der Waals surface area contributed by atoms with Crippen LogP contribution < -0.4 is 0 Å². The van der Waals surface area contributed by atoms with E-state index in [-0.39, 0.29) is 12.5 Å². The molecule has 6 heterocycles. The standard InChI is InChI=1S/C30H44B2N2O5.C18H20N2O/c1-27(2)28(3,4)37-31(36-27)25(20-12-11-13-20)26(32-38-29(5,6)30(7,8)39-32)21-15-16-23-22(18-21)19-33-34(23)24-14-9-10-17-35-24;1-2-11-21-18(6-1)20-17-10-9-15(12-16(17)13-19-20)8-7-14-4-3-5-14/h15-16,18-20,24H,9-14,17H2,1-8H3;9-10,12-14,18H,1-6,11H2/b26-25-;. The second-order valence-corrected chi connectivity index (χ2v) is 19.9. The van der Waals surface area contributed by atoms with Crippen LogP contribution in [0.25, 0.3) is 27.3 Å². The lowest BCUT2D eigenvalue weighted by molar-refractivity contribution is -0.0367. The van der Waals surface area contributed by atoms with Crippen LogP contribution in [0, 0.1) is 23.7 Å². The molecule has 60 heavy (non-hydrogen) atoms. The molecule has 4 aliphatic heterocycles. The third-order valence-corrected chi connectivity index (χ3v) is 14.7. The Labute approximate surface area is 357 Å². The average Bonchev–Trinajstić information content (AvgIpc) is 3.90. The van der Waals surface area contributed by atoms with Crippen LogP contribution in [0.3, 0.4) is 0 Å². The fourth-order valence-electron chi connectivity index (χ4n) is 9.01. The summed E-state index contributed by atoms with van der Waals surface area (Å²) < 4.78 is 42.8. The normalized spacial score (nSPS) is 26.5. The summed E-state index contributed by atoms with van der Waals surface area (Å²) in [7, 11) is -0.984. The van der Waals surface area contributed by atoms with Crippen molar-refractivity contribution in [1.29, 1.82) is 0 Å². The lowest BCUT2D eigenvalue weighted by atomic mass is 9.55. The van der Waals surface area contributed by atoms with Crippen molar-refractivity contribution in [3.05, 3.63) is 65.4 Å². The number of hydrogen-bond donors (Lipinski definition) is 0. The van der Waals surface area contributed by atoms with Crippen molar-refractivity contribution in [3.8, 4) is 11.8 Å². The summed E-state index contributed by atoms with van der Waals surface area (Å²) in [5.41, 5.74) is 4.82. The Morgan fingerprint density at radius 1 is 0.600 bits per heavy atom. The van der Waals surface area contributed by atoms with Crippen LogP contribution in [-0.4, -0.2) is 69.4 Å². The largest absolute Gasteiger partial charge is 0.494 e. The van der Waals surface area contributed by atoms with Gasteiger partial charge in [-0.1, -0.05) is 30.7 Å². The smallest absolute Gasteiger partial charge is 0.400 e. The minimum atomic E-state index is -0.529. The zero-order chi connectivity index (χ0) is 41.9. The van der Waals surface area contributed by atoms with Crippen molar-refractivity contribution in [1.82, 2.24) is 19.6 Å². The molecule has 0 radical (unpaired) electrons. The lowest BCUT2D eigenvalue weighted by Gasteiger charge is -2.33. The maximum atomic E-state index is 6.72. The minimum Gasteiger partial charge on any atom is -0.400 e. The van der Waals surface area contributed by atoms with Crippen LogP contribution in [0.1, 0.15) is 156 Å². The molecule has 12 heteroatoms. The predicted molar refractivity (Wildman–Crippen MR) is 238 cm³/mol. The molecule has 2 unspecified atom stereocenters. The van der Waals surface area contributed by atoms with Crippen molar-refractivity contribution in [3.63, 3.8) is 0 Å². The lowest BCUT2D eigenvalue weighted by Crippen LogP contribution is -2.41. The van der Waals surface area contributed by atoms with E-state index in [1.165, 1.54) is 37.6 Å². The summed E-state index contributed by atoms with van der Waals surface area (Å²) in [6, 6.07) is 13.0. The van der Waals surface area contributed by atoms with E-state index in [1.807, 2.05) is 21.8 Å². The van der Waals surface area contributed by atoms with Gasteiger partial charge in [0.2, 0.25) is 0 Å². The van der Waals surface area contributed by atoms with Crippen molar-refractivity contribution in [2.45, 2.75) is 167 Å². The first-order valence-electron chi connectivity index (χ1n) is 22.8. The Balaban J connectivity index is 0.000000184. The molecule has 2 saturated carbocycles. The van der Waals surface area contributed by atoms with Gasteiger partial charge in [-0.15, -0.1) is 0 Å². The Bertz CT molecular complexity index is 2250. The molecule has 0 spiro atoms. The van der Waals surface area contributed by atoms with E-state index >= 15 is 0 Å². The highest BCUT2D eigenvalue weighted by Crippen LogP contribution is 2.49. The number of fused-ring (bicyclic) bond motifs is 2. The number of ether oxygens (including phenoxy) is 2. The van der Waals surface area contributed by atoms with Gasteiger partial charge in [-0.2, -0.15) is 10.2 Å². The molecule has 10 nitrogen and oxygen atoms in total. The molecule has 0 N–H and O–H groups in total. The van der Waals surface area contributed by atoms with E-state index in [9.17, 15) is 0 Å². The zero-order valence-electron chi connectivity index (χ0n) is 37.2. The van der Waals surface area contributed by atoms with Gasteiger partial charge in [0.15, 0.2) is 12.5 Å². The third kappa shape index (κ3) is 8.04. The van der Waals surface area contributed by atoms with Crippen molar-refractivity contribution in [2.24, 2.45) is 11.8 Å². The van der Waals surface area contributed by atoms with Gasteiger partial charge in [-0.25, -0.2) is 9.36 Å². The summed E-state index contributed by atoms with van der Waals surface area (Å²) in [6.07, 6.45) is 18.0. The molecule has 6 aliphatic rings. The van der Waals surface area contributed by atoms with Gasteiger partial charge in [0.25, 0.3) is 0 Å². The third-order valence-electron chi connectivity index (χ3n) is 14.7. The molecule has 4 saturated heterocycles. The summed E-state index contributed by atoms with van der Waals surface area (Å²) >= 11 is 0. The number of benzene rings is 2. The van der Waals surface area contributed by atoms with Crippen LogP contribution in [0.5, 0.6) is 0 Å². The van der Waals surface area contributed by atoms with Gasteiger partial charge in [0.05, 0.1) is 45.8 Å². The zero-order valence-corrected chi connectivity index (χ0v) is 37.2. The molecule has 2 atom stereocenters. The van der Waals surface area contributed by atoms with Gasteiger partial charge in [0.1, 0.15) is 0 Å². The van der Waals surface area contributed by atoms with Crippen LogP contribution in [-0.2, 0) is 28.1 Å². The molecule has 10 rings (SSSR count). The molecule has 0 bridgehead atoms. The van der Waals surface area contributed by atoms with Crippen LogP contribution in [0.4, 0.5) is 0 Å². The summed E-state index contributed by atoms with van der Waals surface area (Å²) in [5, 5.41) is 11.5. The van der Waals surface area contributed by atoms with Crippen molar-refractivity contribution < 1.29 is 28.1 Å². The SMILES string of the molecule is C(#CC1CCC1)c1ccc2c(cnn2C2CCCCO2)c1.CC1(C)OB(/C(=C(\B2OC(C)(C)C(C)(C)O2)C2CCC2)c2ccc3c(cnn3C3CCCCO3)c2)OC1(C)C. The maximum absolute atomic E-state index is 6.72. The molecular formula is C48H64B2N4O6. The van der Waals surface area contributed by atoms with Crippen LogP contribution in [0.15, 0.2) is 54.3 Å². The van der Waals surface area contributed by atoms with E-state index in [0.717, 1.165) is 96.6 Å². The van der Waals surface area contributed by atoms with E-state index in [4.69, 9.17) is 33.2 Å². The number of hydrogen-bond acceptors (Lipinski definition) is 8. The first-order chi connectivity index (χ1) is 28.7. The van der Waals surface area contributed by atoms with Gasteiger partial charge in [-0.05, 0) is 172 Å². The van der Waals surface area contributed by atoms with Gasteiger partial charge >= 0.3 is 14.2 Å². The Kier molecular flexibility index (Phi) is 11.4. The summed E-state index contributed by atoms with van der Waals surface area (Å²) in [6.45, 7) is 18.6. The Hall–Kier alpha value is -3.43. The molecule has 0 amide bonds. The molecular weight excluding hydrogens is 750 g/mol. The molecule has 6 fully saturated rings. The van der Waals surface area contributed by atoms with Crippen molar-refractivity contribution in [2.75, 3.05) is 13.2 Å². The molecule has 2 aromatic carbocycles. The van der Waals surface area contributed by atoms with Gasteiger partial charge in [-0.3, -0.25) is 0 Å². The second-order valence-electron chi connectivity index (χ2n) is 19.9. The Morgan fingerprint density at radius 2 is 1.12 bits per heavy atom. The number of rotatable bonds is 6. The minimum absolute atomic E-state index is 0.00417.